The smallest absolute Gasteiger partial charge is 0.307 e. The Bertz CT molecular complexity index is 141. The van der Waals surface area contributed by atoms with Crippen molar-refractivity contribution in [1.29, 1.82) is 0 Å². The lowest BCUT2D eigenvalue weighted by atomic mass is 10.7. The summed E-state index contributed by atoms with van der Waals surface area (Å²) >= 11 is 0. The monoisotopic (exact) mass is 220 g/mol. The fourth-order valence-corrected chi connectivity index (χ4v) is 0.546. The van der Waals surface area contributed by atoms with Crippen molar-refractivity contribution in [3.05, 3.63) is 12.8 Å². The molecular formula is C10H20O5. The van der Waals surface area contributed by atoms with Gasteiger partial charge in [0.15, 0.2) is 0 Å². The first-order valence-electron chi connectivity index (χ1n) is 4.73. The summed E-state index contributed by atoms with van der Waals surface area (Å²) in [6.07, 6.45) is 1.10. The van der Waals surface area contributed by atoms with Crippen LogP contribution in [0.5, 0.6) is 0 Å². The minimum atomic E-state index is -0.329. The summed E-state index contributed by atoms with van der Waals surface area (Å²) in [5.41, 5.74) is 0. The van der Waals surface area contributed by atoms with Crippen LogP contribution in [-0.2, 0) is 19.0 Å². The highest BCUT2D eigenvalue weighted by molar-refractivity contribution is 5.66. The third kappa shape index (κ3) is 24.6. The molecule has 0 saturated heterocycles. The minimum absolute atomic E-state index is 0.0894. The number of esters is 1. The second kappa shape index (κ2) is 15.6. The van der Waals surface area contributed by atoms with Crippen molar-refractivity contribution in [2.75, 3.05) is 33.0 Å². The van der Waals surface area contributed by atoms with E-state index in [1.165, 1.54) is 6.92 Å². The second-order valence-corrected chi connectivity index (χ2v) is 2.31. The predicted octanol–water partition coefficient (Wildman–Crippen LogP) is 0.725. The zero-order valence-electron chi connectivity index (χ0n) is 9.40. The van der Waals surface area contributed by atoms with E-state index in [1.807, 2.05) is 6.92 Å². The van der Waals surface area contributed by atoms with Crippen molar-refractivity contribution in [3.8, 4) is 0 Å². The lowest BCUT2D eigenvalue weighted by Gasteiger charge is -2.00. The third-order valence-corrected chi connectivity index (χ3v) is 1.06. The predicted molar refractivity (Wildman–Crippen MR) is 56.4 cm³/mol. The number of hydrogen-bond acceptors (Lipinski definition) is 5. The van der Waals surface area contributed by atoms with Crippen LogP contribution >= 0.6 is 0 Å². The molecule has 0 aliphatic heterocycles. The van der Waals surface area contributed by atoms with Crippen molar-refractivity contribution in [2.24, 2.45) is 0 Å². The van der Waals surface area contributed by atoms with Crippen molar-refractivity contribution in [3.63, 3.8) is 0 Å². The summed E-state index contributed by atoms with van der Waals surface area (Å²) in [6, 6.07) is 0. The van der Waals surface area contributed by atoms with E-state index in [2.05, 4.69) is 11.3 Å². The zero-order valence-corrected chi connectivity index (χ0v) is 9.40. The summed E-state index contributed by atoms with van der Waals surface area (Å²) in [5.74, 6) is -0.329. The highest BCUT2D eigenvalue weighted by atomic mass is 16.5. The van der Waals surface area contributed by atoms with Gasteiger partial charge >= 0.3 is 5.97 Å². The molecule has 0 saturated carbocycles. The summed E-state index contributed by atoms with van der Waals surface area (Å²) in [5, 5.41) is 8.26. The lowest BCUT2D eigenvalue weighted by Crippen LogP contribution is -2.06. The van der Waals surface area contributed by atoms with Gasteiger partial charge in [-0.05, 0) is 6.92 Å². The lowest BCUT2D eigenvalue weighted by molar-refractivity contribution is -0.135. The molecule has 0 aliphatic carbocycles. The van der Waals surface area contributed by atoms with Gasteiger partial charge in [-0.3, -0.25) is 4.79 Å². The number of ether oxygens (including phenoxy) is 3. The van der Waals surface area contributed by atoms with Gasteiger partial charge in [-0.2, -0.15) is 0 Å². The zero-order chi connectivity index (χ0) is 11.9. The molecule has 0 heterocycles. The van der Waals surface area contributed by atoms with E-state index in [9.17, 15) is 4.79 Å². The van der Waals surface area contributed by atoms with Gasteiger partial charge in [-0.1, -0.05) is 6.58 Å². The van der Waals surface area contributed by atoms with E-state index >= 15 is 0 Å². The molecule has 0 amide bonds. The van der Waals surface area contributed by atoms with E-state index in [0.29, 0.717) is 19.8 Å². The first-order chi connectivity index (χ1) is 7.18. The molecule has 0 rings (SSSR count). The second-order valence-electron chi connectivity index (χ2n) is 2.31. The standard InChI is InChI=1S/C6H14O3.C4H6O2/c1-2-8-5-6-9-4-3-7;1-3-6-4(2)5/h7H,2-6H2,1H3;3H,1H2,2H3. The van der Waals surface area contributed by atoms with Crippen LogP contribution in [0.2, 0.25) is 0 Å². The van der Waals surface area contributed by atoms with Crippen LogP contribution in [0, 0.1) is 0 Å². The van der Waals surface area contributed by atoms with Crippen LogP contribution in [0.4, 0.5) is 0 Å². The molecule has 0 radical (unpaired) electrons. The molecule has 0 aromatic heterocycles. The summed E-state index contributed by atoms with van der Waals surface area (Å²) in [7, 11) is 0. The van der Waals surface area contributed by atoms with Crippen LogP contribution in [0.25, 0.3) is 0 Å². The van der Waals surface area contributed by atoms with Crippen molar-refractivity contribution >= 4 is 5.97 Å². The van der Waals surface area contributed by atoms with Gasteiger partial charge in [0.05, 0.1) is 32.7 Å². The van der Waals surface area contributed by atoms with Crippen LogP contribution in [0.1, 0.15) is 13.8 Å². The van der Waals surface area contributed by atoms with E-state index in [1.54, 1.807) is 0 Å². The number of rotatable bonds is 7. The summed E-state index contributed by atoms with van der Waals surface area (Å²) < 4.78 is 14.0. The van der Waals surface area contributed by atoms with Gasteiger partial charge in [0.25, 0.3) is 0 Å². The fraction of sp³-hybridized carbons (Fsp3) is 0.700. The first-order valence-corrected chi connectivity index (χ1v) is 4.73. The molecule has 0 fully saturated rings. The Kier molecular flexibility index (Phi) is 17.1. The van der Waals surface area contributed by atoms with Gasteiger partial charge in [-0.25, -0.2) is 0 Å². The van der Waals surface area contributed by atoms with Gasteiger partial charge in [0.2, 0.25) is 0 Å². The molecule has 90 valence electrons. The Morgan fingerprint density at radius 3 is 2.27 bits per heavy atom. The number of carbonyl (C=O) groups is 1. The fourth-order valence-electron chi connectivity index (χ4n) is 0.546. The van der Waals surface area contributed by atoms with Gasteiger partial charge in [0.1, 0.15) is 0 Å². The quantitative estimate of drug-likeness (QED) is 0.389. The Labute approximate surface area is 90.6 Å². The Morgan fingerprint density at radius 1 is 1.33 bits per heavy atom. The average Bonchev–Trinajstić information content (AvgIpc) is 2.18. The van der Waals surface area contributed by atoms with Crippen LogP contribution in [0.3, 0.4) is 0 Å². The molecule has 1 N–H and O–H groups in total. The van der Waals surface area contributed by atoms with Gasteiger partial charge < -0.3 is 19.3 Å². The largest absolute Gasteiger partial charge is 0.435 e. The molecule has 15 heavy (non-hydrogen) atoms. The maximum atomic E-state index is 9.75. The topological polar surface area (TPSA) is 65.0 Å². The Balaban J connectivity index is 0. The third-order valence-electron chi connectivity index (χ3n) is 1.06. The van der Waals surface area contributed by atoms with E-state index < -0.39 is 0 Å². The van der Waals surface area contributed by atoms with Crippen molar-refractivity contribution in [1.82, 2.24) is 0 Å². The van der Waals surface area contributed by atoms with Crippen molar-refractivity contribution in [2.45, 2.75) is 13.8 Å². The normalized spacial score (nSPS) is 8.73. The maximum absolute atomic E-state index is 9.75. The SMILES string of the molecule is C=COC(C)=O.CCOCCOCCO. The van der Waals surface area contributed by atoms with Gasteiger partial charge in [-0.15, -0.1) is 0 Å². The van der Waals surface area contributed by atoms with Crippen LogP contribution in [-0.4, -0.2) is 44.1 Å². The molecular weight excluding hydrogens is 200 g/mol. The van der Waals surface area contributed by atoms with E-state index in [0.717, 1.165) is 12.9 Å². The highest BCUT2D eigenvalue weighted by Gasteiger charge is 1.84. The molecule has 0 unspecified atom stereocenters. The molecule has 5 nitrogen and oxygen atoms in total. The number of aliphatic hydroxyl groups excluding tert-OH is 1. The number of aliphatic hydroxyl groups is 1. The minimum Gasteiger partial charge on any atom is -0.435 e. The Hall–Kier alpha value is -0.910. The molecule has 0 aromatic carbocycles. The molecule has 0 bridgehead atoms. The highest BCUT2D eigenvalue weighted by Crippen LogP contribution is 1.76. The van der Waals surface area contributed by atoms with Crippen molar-refractivity contribution < 1.29 is 24.1 Å². The maximum Gasteiger partial charge on any atom is 0.307 e. The number of carbonyl (C=O) groups excluding carboxylic acids is 1. The molecule has 0 aliphatic rings. The molecule has 0 atom stereocenters. The van der Waals surface area contributed by atoms with E-state index in [4.69, 9.17) is 14.6 Å². The summed E-state index contributed by atoms with van der Waals surface area (Å²) in [4.78, 5) is 9.75. The average molecular weight is 220 g/mol. The Morgan fingerprint density at radius 2 is 1.93 bits per heavy atom. The van der Waals surface area contributed by atoms with Gasteiger partial charge in [0, 0.05) is 13.5 Å². The van der Waals surface area contributed by atoms with Crippen LogP contribution < -0.4 is 0 Å². The first kappa shape index (κ1) is 16.5. The number of hydrogen-bond donors (Lipinski definition) is 1. The summed E-state index contributed by atoms with van der Waals surface area (Å²) in [6.45, 7) is 8.84. The van der Waals surface area contributed by atoms with E-state index in [-0.39, 0.29) is 12.6 Å². The molecule has 0 aromatic rings. The van der Waals surface area contributed by atoms with Crippen LogP contribution in [0.15, 0.2) is 12.8 Å². The molecule has 5 heteroatoms. The molecule has 0 spiro atoms.